The Morgan fingerprint density at radius 3 is 3.00 bits per heavy atom. The number of likely N-dealkylation sites (tertiary alicyclic amines) is 1. The lowest BCUT2D eigenvalue weighted by Gasteiger charge is -2.33. The fraction of sp³-hybridized carbons (Fsp3) is 0.765. The molecule has 2 heterocycles. The molecule has 1 saturated heterocycles. The van der Waals surface area contributed by atoms with Gasteiger partial charge in [0, 0.05) is 25.3 Å². The SMILES string of the molecule is CN(Cc1n[nH]c2c1CCCC2)C(=O)NCC1CCCCN1C. The zero-order chi connectivity index (χ0) is 16.2. The Morgan fingerprint density at radius 2 is 2.17 bits per heavy atom. The summed E-state index contributed by atoms with van der Waals surface area (Å²) in [6.07, 6.45) is 8.34. The number of nitrogens with one attached hydrogen (secondary N) is 2. The van der Waals surface area contributed by atoms with Crippen LogP contribution in [0.15, 0.2) is 0 Å². The van der Waals surface area contributed by atoms with Gasteiger partial charge in [-0.25, -0.2) is 4.79 Å². The number of aryl methyl sites for hydroxylation is 1. The molecule has 1 fully saturated rings. The number of H-pyrrole nitrogens is 1. The molecule has 0 bridgehead atoms. The zero-order valence-corrected chi connectivity index (χ0v) is 14.4. The average Bonchev–Trinajstić information content (AvgIpc) is 2.97. The van der Waals surface area contributed by atoms with Gasteiger partial charge in [-0.3, -0.25) is 5.10 Å². The number of likely N-dealkylation sites (N-methyl/N-ethyl adjacent to an activating group) is 1. The van der Waals surface area contributed by atoms with Crippen LogP contribution in [0.1, 0.15) is 49.1 Å². The van der Waals surface area contributed by atoms with Crippen LogP contribution in [0.4, 0.5) is 4.79 Å². The predicted octanol–water partition coefficient (Wildman–Crippen LogP) is 1.91. The lowest BCUT2D eigenvalue weighted by Crippen LogP contribution is -2.47. The molecule has 128 valence electrons. The molecule has 2 amide bonds. The smallest absolute Gasteiger partial charge is 0.317 e. The number of amides is 2. The van der Waals surface area contributed by atoms with Crippen molar-refractivity contribution in [3.63, 3.8) is 0 Å². The molecule has 3 rings (SSSR count). The van der Waals surface area contributed by atoms with Crippen LogP contribution in [0.5, 0.6) is 0 Å². The van der Waals surface area contributed by atoms with Crippen LogP contribution >= 0.6 is 0 Å². The first-order valence-electron chi connectivity index (χ1n) is 8.89. The molecular weight excluding hydrogens is 290 g/mol. The number of hydrogen-bond acceptors (Lipinski definition) is 3. The van der Waals surface area contributed by atoms with Crippen LogP contribution in [-0.4, -0.2) is 59.3 Å². The highest BCUT2D eigenvalue weighted by atomic mass is 16.2. The number of rotatable bonds is 4. The van der Waals surface area contributed by atoms with Crippen molar-refractivity contribution in [2.75, 3.05) is 27.2 Å². The third-order valence-electron chi connectivity index (χ3n) is 5.29. The summed E-state index contributed by atoms with van der Waals surface area (Å²) in [5, 5.41) is 10.7. The highest BCUT2D eigenvalue weighted by Gasteiger charge is 2.22. The normalized spacial score (nSPS) is 21.7. The minimum atomic E-state index is -0.00321. The Balaban J connectivity index is 1.50. The first-order valence-corrected chi connectivity index (χ1v) is 8.89. The summed E-state index contributed by atoms with van der Waals surface area (Å²) in [5.41, 5.74) is 3.64. The van der Waals surface area contributed by atoms with E-state index in [1.165, 1.54) is 43.4 Å². The molecule has 0 aromatic carbocycles. The van der Waals surface area contributed by atoms with Gasteiger partial charge in [-0.15, -0.1) is 0 Å². The summed E-state index contributed by atoms with van der Waals surface area (Å²) in [6, 6.07) is 0.468. The van der Waals surface area contributed by atoms with E-state index in [1.54, 1.807) is 4.90 Å². The van der Waals surface area contributed by atoms with Gasteiger partial charge in [-0.2, -0.15) is 5.10 Å². The molecule has 6 heteroatoms. The van der Waals surface area contributed by atoms with Gasteiger partial charge in [0.05, 0.1) is 12.2 Å². The van der Waals surface area contributed by atoms with Gasteiger partial charge in [0.2, 0.25) is 0 Å². The zero-order valence-electron chi connectivity index (χ0n) is 14.4. The van der Waals surface area contributed by atoms with Crippen molar-refractivity contribution in [3.8, 4) is 0 Å². The molecule has 1 aromatic heterocycles. The molecule has 0 saturated carbocycles. The first-order chi connectivity index (χ1) is 11.1. The second-order valence-corrected chi connectivity index (χ2v) is 7.01. The van der Waals surface area contributed by atoms with Crippen molar-refractivity contribution in [2.24, 2.45) is 0 Å². The summed E-state index contributed by atoms with van der Waals surface area (Å²) in [5.74, 6) is 0. The van der Waals surface area contributed by atoms with Gasteiger partial charge in [0.15, 0.2) is 0 Å². The monoisotopic (exact) mass is 319 g/mol. The lowest BCUT2D eigenvalue weighted by molar-refractivity contribution is 0.171. The van der Waals surface area contributed by atoms with E-state index in [9.17, 15) is 4.79 Å². The summed E-state index contributed by atoms with van der Waals surface area (Å²) >= 11 is 0. The fourth-order valence-corrected chi connectivity index (χ4v) is 3.72. The van der Waals surface area contributed by atoms with Crippen LogP contribution < -0.4 is 5.32 Å². The van der Waals surface area contributed by atoms with Crippen LogP contribution in [0, 0.1) is 0 Å². The number of aromatic nitrogens is 2. The molecule has 23 heavy (non-hydrogen) atoms. The molecule has 0 spiro atoms. The van der Waals surface area contributed by atoms with E-state index in [0.29, 0.717) is 12.6 Å². The third-order valence-corrected chi connectivity index (χ3v) is 5.29. The maximum absolute atomic E-state index is 12.3. The van der Waals surface area contributed by atoms with E-state index >= 15 is 0 Å². The number of nitrogens with zero attached hydrogens (tertiary/aromatic N) is 3. The molecule has 6 nitrogen and oxygen atoms in total. The van der Waals surface area contributed by atoms with Gasteiger partial charge in [0.25, 0.3) is 0 Å². The minimum absolute atomic E-state index is 0.00321. The van der Waals surface area contributed by atoms with E-state index in [1.807, 2.05) is 7.05 Å². The van der Waals surface area contributed by atoms with E-state index in [0.717, 1.165) is 31.6 Å². The van der Waals surface area contributed by atoms with Gasteiger partial charge in [-0.05, 0) is 57.7 Å². The predicted molar refractivity (Wildman–Crippen MR) is 90.4 cm³/mol. The molecular formula is C17H29N5O. The van der Waals surface area contributed by atoms with Crippen LogP contribution in [0.25, 0.3) is 0 Å². The average molecular weight is 319 g/mol. The Hall–Kier alpha value is -1.56. The van der Waals surface area contributed by atoms with Crippen molar-refractivity contribution in [1.82, 2.24) is 25.3 Å². The van der Waals surface area contributed by atoms with Crippen LogP contribution in [-0.2, 0) is 19.4 Å². The highest BCUT2D eigenvalue weighted by molar-refractivity contribution is 5.73. The van der Waals surface area contributed by atoms with Crippen molar-refractivity contribution < 1.29 is 4.79 Å². The number of carbonyl (C=O) groups excluding carboxylic acids is 1. The molecule has 2 N–H and O–H groups in total. The van der Waals surface area contributed by atoms with Crippen molar-refractivity contribution in [1.29, 1.82) is 0 Å². The quantitative estimate of drug-likeness (QED) is 0.891. The number of urea groups is 1. The number of hydrogen-bond donors (Lipinski definition) is 2. The number of fused-ring (bicyclic) bond motifs is 1. The largest absolute Gasteiger partial charge is 0.336 e. The second kappa shape index (κ2) is 7.34. The van der Waals surface area contributed by atoms with Gasteiger partial charge in [0.1, 0.15) is 0 Å². The van der Waals surface area contributed by atoms with E-state index in [-0.39, 0.29) is 6.03 Å². The van der Waals surface area contributed by atoms with E-state index in [4.69, 9.17) is 0 Å². The van der Waals surface area contributed by atoms with E-state index in [2.05, 4.69) is 27.5 Å². The van der Waals surface area contributed by atoms with Crippen molar-refractivity contribution in [2.45, 2.75) is 57.5 Å². The first kappa shape index (κ1) is 16.3. The maximum Gasteiger partial charge on any atom is 0.317 e. The number of carbonyl (C=O) groups is 1. The van der Waals surface area contributed by atoms with Gasteiger partial charge < -0.3 is 15.1 Å². The lowest BCUT2D eigenvalue weighted by atomic mass is 9.96. The Bertz CT molecular complexity index is 541. The molecule has 1 atom stereocenters. The third kappa shape index (κ3) is 3.86. The van der Waals surface area contributed by atoms with Crippen LogP contribution in [0.2, 0.25) is 0 Å². The topological polar surface area (TPSA) is 64.3 Å². The Morgan fingerprint density at radius 1 is 1.35 bits per heavy atom. The Kier molecular flexibility index (Phi) is 5.20. The molecule has 1 aliphatic carbocycles. The maximum atomic E-state index is 12.3. The summed E-state index contributed by atoms with van der Waals surface area (Å²) in [4.78, 5) is 16.4. The minimum Gasteiger partial charge on any atom is -0.336 e. The summed E-state index contributed by atoms with van der Waals surface area (Å²) in [7, 11) is 4.00. The molecule has 2 aliphatic rings. The highest BCUT2D eigenvalue weighted by Crippen LogP contribution is 2.22. The summed E-state index contributed by atoms with van der Waals surface area (Å²) in [6.45, 7) is 2.45. The standard InChI is InChI=1S/C17H29N5O/c1-21-10-6-5-7-13(21)11-18-17(23)22(2)12-16-14-8-3-4-9-15(14)19-20-16/h13H,3-12H2,1-2H3,(H,18,23)(H,19,20). The second-order valence-electron chi connectivity index (χ2n) is 7.01. The summed E-state index contributed by atoms with van der Waals surface area (Å²) < 4.78 is 0. The van der Waals surface area contributed by atoms with Gasteiger partial charge >= 0.3 is 6.03 Å². The fourth-order valence-electron chi connectivity index (χ4n) is 3.72. The van der Waals surface area contributed by atoms with Gasteiger partial charge in [-0.1, -0.05) is 6.42 Å². The molecule has 1 aliphatic heterocycles. The molecule has 0 radical (unpaired) electrons. The number of piperidine rings is 1. The Labute approximate surface area is 138 Å². The van der Waals surface area contributed by atoms with Crippen molar-refractivity contribution >= 4 is 6.03 Å². The number of aromatic amines is 1. The van der Waals surface area contributed by atoms with Crippen LogP contribution in [0.3, 0.4) is 0 Å². The van der Waals surface area contributed by atoms with Crippen molar-refractivity contribution in [3.05, 3.63) is 17.0 Å². The molecule has 1 aromatic rings. The van der Waals surface area contributed by atoms with E-state index < -0.39 is 0 Å². The molecule has 1 unspecified atom stereocenters.